The van der Waals surface area contributed by atoms with Gasteiger partial charge in [-0.3, -0.25) is 10.2 Å². The second-order valence-corrected chi connectivity index (χ2v) is 4.58. The van der Waals surface area contributed by atoms with Gasteiger partial charge in [0.25, 0.3) is 5.91 Å². The van der Waals surface area contributed by atoms with Crippen LogP contribution in [0.15, 0.2) is 18.2 Å². The minimum Gasteiger partial charge on any atom is -0.493 e. The van der Waals surface area contributed by atoms with Gasteiger partial charge in [0.05, 0.1) is 12.2 Å². The summed E-state index contributed by atoms with van der Waals surface area (Å²) in [4.78, 5) is 11.5. The lowest BCUT2D eigenvalue weighted by atomic mass is 10.1. The number of halogens is 1. The number of hydrogen-bond donors (Lipinski definition) is 2. The molecular weight excluding hydrogens is 240 g/mol. The van der Waals surface area contributed by atoms with Gasteiger partial charge in [0.15, 0.2) is 0 Å². The lowest BCUT2D eigenvalue weighted by Crippen LogP contribution is -2.30. The Morgan fingerprint density at radius 3 is 2.82 bits per heavy atom. The molecule has 1 rings (SSSR count). The van der Waals surface area contributed by atoms with E-state index in [1.54, 1.807) is 12.1 Å². The second kappa shape index (κ2) is 6.47. The van der Waals surface area contributed by atoms with Crippen LogP contribution in [0.5, 0.6) is 5.75 Å². The van der Waals surface area contributed by atoms with Crippen LogP contribution in [0, 0.1) is 5.92 Å². The number of nitrogens with one attached hydrogen (secondary N) is 1. The van der Waals surface area contributed by atoms with Crippen LogP contribution in [0.25, 0.3) is 0 Å². The van der Waals surface area contributed by atoms with Gasteiger partial charge >= 0.3 is 0 Å². The van der Waals surface area contributed by atoms with Crippen molar-refractivity contribution in [2.45, 2.75) is 20.3 Å². The van der Waals surface area contributed by atoms with Crippen molar-refractivity contribution >= 4 is 17.5 Å². The molecule has 0 heterocycles. The molecule has 1 aromatic carbocycles. The zero-order valence-corrected chi connectivity index (χ0v) is 10.8. The molecule has 0 saturated carbocycles. The van der Waals surface area contributed by atoms with Gasteiger partial charge in [-0.05, 0) is 30.5 Å². The molecule has 0 unspecified atom stereocenters. The van der Waals surface area contributed by atoms with Gasteiger partial charge in [-0.1, -0.05) is 25.4 Å². The average molecular weight is 257 g/mol. The van der Waals surface area contributed by atoms with E-state index in [0.717, 1.165) is 6.42 Å². The number of amides is 1. The summed E-state index contributed by atoms with van der Waals surface area (Å²) < 4.78 is 5.55. The maximum atomic E-state index is 11.5. The Hall–Kier alpha value is -1.26. The summed E-state index contributed by atoms with van der Waals surface area (Å²) in [7, 11) is 0. The molecule has 5 heteroatoms. The molecule has 0 saturated heterocycles. The first-order valence-corrected chi connectivity index (χ1v) is 5.85. The van der Waals surface area contributed by atoms with Gasteiger partial charge in [0.1, 0.15) is 5.75 Å². The Balaban J connectivity index is 2.79. The lowest BCUT2D eigenvalue weighted by molar-refractivity contribution is 0.0949. The third-order valence-electron chi connectivity index (χ3n) is 2.27. The van der Waals surface area contributed by atoms with Crippen molar-refractivity contribution in [1.29, 1.82) is 0 Å². The standard InChI is InChI=1S/C12H17ClN2O2/c1-8(2)5-6-17-11-4-3-9(13)7-10(11)12(16)15-14/h3-4,7-8H,5-6,14H2,1-2H3,(H,15,16). The minimum absolute atomic E-state index is 0.351. The predicted octanol–water partition coefficient (Wildman–Crippen LogP) is 2.37. The molecule has 0 aliphatic carbocycles. The smallest absolute Gasteiger partial charge is 0.268 e. The van der Waals surface area contributed by atoms with Crippen LogP contribution in [0.3, 0.4) is 0 Å². The highest BCUT2D eigenvalue weighted by Crippen LogP contribution is 2.23. The number of rotatable bonds is 5. The van der Waals surface area contributed by atoms with Gasteiger partial charge in [0, 0.05) is 5.02 Å². The first kappa shape index (κ1) is 13.8. The molecule has 4 nitrogen and oxygen atoms in total. The Bertz CT molecular complexity index is 394. The van der Waals surface area contributed by atoms with Crippen LogP contribution in [0.4, 0.5) is 0 Å². The Kier molecular flexibility index (Phi) is 5.25. The van der Waals surface area contributed by atoms with Crippen LogP contribution in [-0.2, 0) is 0 Å². The van der Waals surface area contributed by atoms with E-state index in [9.17, 15) is 4.79 Å². The van der Waals surface area contributed by atoms with Crippen molar-refractivity contribution in [3.8, 4) is 5.75 Å². The first-order chi connectivity index (χ1) is 8.04. The second-order valence-electron chi connectivity index (χ2n) is 4.14. The van der Waals surface area contributed by atoms with Gasteiger partial charge < -0.3 is 4.74 Å². The summed E-state index contributed by atoms with van der Waals surface area (Å²) in [6.07, 6.45) is 0.923. The van der Waals surface area contributed by atoms with Crippen LogP contribution in [0.1, 0.15) is 30.6 Å². The maximum Gasteiger partial charge on any atom is 0.268 e. The topological polar surface area (TPSA) is 64.3 Å². The van der Waals surface area contributed by atoms with E-state index in [4.69, 9.17) is 22.2 Å². The van der Waals surface area contributed by atoms with E-state index < -0.39 is 5.91 Å². The molecule has 3 N–H and O–H groups in total. The number of nitrogen functional groups attached to an aromatic ring is 1. The van der Waals surface area contributed by atoms with Crippen LogP contribution >= 0.6 is 11.6 Å². The van der Waals surface area contributed by atoms with Crippen molar-refractivity contribution < 1.29 is 9.53 Å². The van der Waals surface area contributed by atoms with Crippen molar-refractivity contribution in [3.05, 3.63) is 28.8 Å². The molecule has 0 atom stereocenters. The van der Waals surface area contributed by atoms with Crippen LogP contribution < -0.4 is 16.0 Å². The highest BCUT2D eigenvalue weighted by molar-refractivity contribution is 6.31. The normalized spacial score (nSPS) is 10.4. The SMILES string of the molecule is CC(C)CCOc1ccc(Cl)cc1C(=O)NN. The molecule has 1 amide bonds. The molecule has 0 aromatic heterocycles. The van der Waals surface area contributed by atoms with E-state index >= 15 is 0 Å². The fourth-order valence-electron chi connectivity index (χ4n) is 1.29. The molecule has 0 spiro atoms. The van der Waals surface area contributed by atoms with Crippen molar-refractivity contribution in [3.63, 3.8) is 0 Å². The third-order valence-corrected chi connectivity index (χ3v) is 2.51. The maximum absolute atomic E-state index is 11.5. The number of carbonyl (C=O) groups is 1. The van der Waals surface area contributed by atoms with Crippen LogP contribution in [-0.4, -0.2) is 12.5 Å². The lowest BCUT2D eigenvalue weighted by Gasteiger charge is -2.11. The van der Waals surface area contributed by atoms with Crippen molar-refractivity contribution in [1.82, 2.24) is 5.43 Å². The summed E-state index contributed by atoms with van der Waals surface area (Å²) in [6.45, 7) is 4.78. The fraction of sp³-hybridized carbons (Fsp3) is 0.417. The van der Waals surface area contributed by atoms with E-state index in [-0.39, 0.29) is 0 Å². The Labute approximate surface area is 106 Å². The highest BCUT2D eigenvalue weighted by atomic mass is 35.5. The first-order valence-electron chi connectivity index (χ1n) is 5.48. The zero-order valence-electron chi connectivity index (χ0n) is 10.00. The van der Waals surface area contributed by atoms with E-state index in [0.29, 0.717) is 28.9 Å². The largest absolute Gasteiger partial charge is 0.493 e. The summed E-state index contributed by atoms with van der Waals surface area (Å²) in [5.41, 5.74) is 2.42. The molecule has 1 aromatic rings. The highest BCUT2D eigenvalue weighted by Gasteiger charge is 2.12. The molecule has 0 aliphatic heterocycles. The summed E-state index contributed by atoms with van der Waals surface area (Å²) in [5, 5.41) is 0.472. The number of ether oxygens (including phenoxy) is 1. The summed E-state index contributed by atoms with van der Waals surface area (Å²) in [6, 6.07) is 4.89. The molecule has 0 bridgehead atoms. The zero-order chi connectivity index (χ0) is 12.8. The van der Waals surface area contributed by atoms with Crippen molar-refractivity contribution in [2.24, 2.45) is 11.8 Å². The summed E-state index contributed by atoms with van der Waals surface area (Å²) in [5.74, 6) is 5.74. The van der Waals surface area contributed by atoms with Crippen LogP contribution in [0.2, 0.25) is 5.02 Å². The van der Waals surface area contributed by atoms with E-state index in [2.05, 4.69) is 19.3 Å². The van der Waals surface area contributed by atoms with Gasteiger partial charge in [-0.25, -0.2) is 5.84 Å². The molecule has 17 heavy (non-hydrogen) atoms. The minimum atomic E-state index is -0.410. The number of hydrogen-bond acceptors (Lipinski definition) is 3. The average Bonchev–Trinajstić information content (AvgIpc) is 2.29. The van der Waals surface area contributed by atoms with Gasteiger partial charge in [0.2, 0.25) is 0 Å². The van der Waals surface area contributed by atoms with E-state index in [1.165, 1.54) is 6.07 Å². The monoisotopic (exact) mass is 256 g/mol. The van der Waals surface area contributed by atoms with Gasteiger partial charge in [-0.15, -0.1) is 0 Å². The Morgan fingerprint density at radius 2 is 2.24 bits per heavy atom. The third kappa shape index (κ3) is 4.24. The quantitative estimate of drug-likeness (QED) is 0.483. The molecule has 0 fully saturated rings. The number of hydrazine groups is 1. The number of nitrogens with two attached hydrogens (primary N) is 1. The summed E-state index contributed by atoms with van der Waals surface area (Å²) >= 11 is 5.83. The predicted molar refractivity (Wildman–Crippen MR) is 68.1 cm³/mol. The van der Waals surface area contributed by atoms with Gasteiger partial charge in [-0.2, -0.15) is 0 Å². The molecule has 0 radical (unpaired) electrons. The molecule has 94 valence electrons. The van der Waals surface area contributed by atoms with E-state index in [1.807, 2.05) is 0 Å². The number of carbonyl (C=O) groups excluding carboxylic acids is 1. The number of benzene rings is 1. The molecule has 0 aliphatic rings. The fourth-order valence-corrected chi connectivity index (χ4v) is 1.46. The van der Waals surface area contributed by atoms with Crippen molar-refractivity contribution in [2.75, 3.05) is 6.61 Å². The molecular formula is C12H17ClN2O2. The Morgan fingerprint density at radius 1 is 1.53 bits per heavy atom.